The molecule has 2 aromatic heterocycles. The maximum absolute atomic E-state index is 13.4. The quantitative estimate of drug-likeness (QED) is 0.0564. The van der Waals surface area contributed by atoms with E-state index in [0.29, 0.717) is 46.9 Å². The highest BCUT2D eigenvalue weighted by Crippen LogP contribution is 2.34. The number of nitrogens with zero attached hydrogens (tertiary/aromatic N) is 4. The summed E-state index contributed by atoms with van der Waals surface area (Å²) >= 11 is 1.25. The van der Waals surface area contributed by atoms with E-state index in [-0.39, 0.29) is 48.3 Å². The van der Waals surface area contributed by atoms with Gasteiger partial charge in [0.1, 0.15) is 17.9 Å². The molecule has 62 heavy (non-hydrogen) atoms. The van der Waals surface area contributed by atoms with Crippen molar-refractivity contribution in [3.8, 4) is 0 Å². The summed E-state index contributed by atoms with van der Waals surface area (Å²) in [6.07, 6.45) is 5.68. The molecule has 0 radical (unpaired) electrons. The van der Waals surface area contributed by atoms with Crippen LogP contribution in [0.25, 0.3) is 10.9 Å². The van der Waals surface area contributed by atoms with Crippen molar-refractivity contribution in [2.75, 3.05) is 44.1 Å². The number of unbranched alkanes of at least 4 members (excludes halogenated alkanes) is 5. The van der Waals surface area contributed by atoms with Gasteiger partial charge >= 0.3 is 5.97 Å². The Hall–Kier alpha value is -6.43. The summed E-state index contributed by atoms with van der Waals surface area (Å²) in [6, 6.07) is 12.1. The molecule has 0 saturated carbocycles. The van der Waals surface area contributed by atoms with E-state index in [4.69, 9.17) is 4.74 Å². The number of ether oxygens (including phenoxy) is 1. The van der Waals surface area contributed by atoms with Crippen LogP contribution in [0, 0.1) is 6.92 Å². The minimum atomic E-state index is -1.01. The molecule has 2 aliphatic rings. The molecule has 2 unspecified atom stereocenters. The average molecular weight is 869 g/mol. The first-order chi connectivity index (χ1) is 29.7. The minimum absolute atomic E-state index is 0.0228. The Kier molecular flexibility index (Phi) is 14.9. The Morgan fingerprint density at radius 3 is 2.47 bits per heavy atom. The topological polar surface area (TPSA) is 220 Å². The van der Waals surface area contributed by atoms with E-state index in [2.05, 4.69) is 25.9 Å². The van der Waals surface area contributed by atoms with Crippen molar-refractivity contribution in [1.29, 1.82) is 0 Å². The second-order valence-corrected chi connectivity index (χ2v) is 16.7. The Bertz CT molecular complexity index is 2430. The average Bonchev–Trinajstić information content (AvgIpc) is 3.84. The molecular weight excluding hydrogens is 817 g/mol. The van der Waals surface area contributed by atoms with Gasteiger partial charge in [-0.15, -0.1) is 11.3 Å². The van der Waals surface area contributed by atoms with Gasteiger partial charge in [0.05, 0.1) is 44.7 Å². The molecule has 4 aromatic rings. The molecule has 4 N–H and O–H groups in total. The number of imide groups is 2. The molecule has 2 atom stereocenters. The van der Waals surface area contributed by atoms with Crippen LogP contribution < -0.4 is 31.3 Å². The van der Waals surface area contributed by atoms with Crippen molar-refractivity contribution in [2.45, 2.75) is 89.8 Å². The third-order valence-electron chi connectivity index (χ3n) is 11.1. The number of fused-ring (bicyclic) bond motifs is 2. The van der Waals surface area contributed by atoms with Crippen LogP contribution in [0.4, 0.5) is 10.7 Å². The van der Waals surface area contributed by atoms with Crippen LogP contribution in [-0.2, 0) is 30.5 Å². The standard InChI is InChI=1S/C44H52N8O9S/c1-26-46-30-15-14-27(24-29(30)39(55)47-26)25-51(3)37-21-18-34(62-37)41(57)48-31(44(60)61-4)16-19-35(53)45-22-9-7-5-6-8-10-23-50(2)32-13-11-12-28-38(32)43(59)52(42(28)58)33-17-20-36(54)49-40(33)56/h11-15,18,21,24,31,33H,5-10,16-17,19-20,22-23,25H2,1-4H3,(H,45,53)(H,48,57)(H,46,47,55)(H,49,54,56). The number of carbonyl (C=O) groups is 7. The second kappa shape index (κ2) is 20.4. The predicted molar refractivity (Wildman–Crippen MR) is 233 cm³/mol. The summed E-state index contributed by atoms with van der Waals surface area (Å²) in [5.41, 5.74) is 2.46. The molecule has 1 fully saturated rings. The fourth-order valence-corrected chi connectivity index (χ4v) is 8.61. The number of piperidine rings is 1. The van der Waals surface area contributed by atoms with Gasteiger partial charge in [-0.1, -0.05) is 37.8 Å². The van der Waals surface area contributed by atoms with E-state index in [1.165, 1.54) is 18.4 Å². The highest BCUT2D eigenvalue weighted by atomic mass is 32.1. The fourth-order valence-electron chi connectivity index (χ4n) is 7.74. The van der Waals surface area contributed by atoms with Gasteiger partial charge < -0.3 is 30.2 Å². The van der Waals surface area contributed by atoms with Gasteiger partial charge in [-0.05, 0) is 74.6 Å². The van der Waals surface area contributed by atoms with Crippen LogP contribution in [-0.4, -0.2) is 103 Å². The number of carbonyl (C=O) groups excluding carboxylic acids is 7. The zero-order chi connectivity index (χ0) is 44.5. The Morgan fingerprint density at radius 1 is 0.952 bits per heavy atom. The Balaban J connectivity index is 0.866. The number of esters is 1. The van der Waals surface area contributed by atoms with E-state index in [1.54, 1.807) is 37.3 Å². The third kappa shape index (κ3) is 10.7. The summed E-state index contributed by atoms with van der Waals surface area (Å²) in [4.78, 5) is 114. The number of H-pyrrole nitrogens is 1. The van der Waals surface area contributed by atoms with Crippen LogP contribution in [0.3, 0.4) is 0 Å². The molecule has 18 heteroatoms. The maximum Gasteiger partial charge on any atom is 0.328 e. The van der Waals surface area contributed by atoms with Crippen molar-refractivity contribution in [3.05, 3.63) is 86.3 Å². The number of aromatic nitrogens is 2. The van der Waals surface area contributed by atoms with Gasteiger partial charge in [0, 0.05) is 46.6 Å². The van der Waals surface area contributed by atoms with Gasteiger partial charge in [0.2, 0.25) is 17.7 Å². The monoisotopic (exact) mass is 868 g/mol. The molecule has 6 rings (SSSR count). The number of amides is 6. The number of anilines is 2. The lowest BCUT2D eigenvalue weighted by atomic mass is 10.0. The number of aromatic amines is 1. The Labute approximate surface area is 362 Å². The number of benzene rings is 2. The van der Waals surface area contributed by atoms with E-state index in [0.717, 1.165) is 54.0 Å². The minimum Gasteiger partial charge on any atom is -0.467 e. The van der Waals surface area contributed by atoms with Gasteiger partial charge in [0.25, 0.3) is 23.3 Å². The largest absolute Gasteiger partial charge is 0.467 e. The number of hydrogen-bond donors (Lipinski definition) is 4. The van der Waals surface area contributed by atoms with E-state index >= 15 is 0 Å². The van der Waals surface area contributed by atoms with Crippen LogP contribution >= 0.6 is 11.3 Å². The zero-order valence-corrected chi connectivity index (χ0v) is 36.2. The number of nitrogens with one attached hydrogen (secondary N) is 4. The highest BCUT2D eigenvalue weighted by Gasteiger charge is 2.46. The van der Waals surface area contributed by atoms with Gasteiger partial charge in [-0.3, -0.25) is 43.8 Å². The number of aryl methyl sites for hydroxylation is 1. The summed E-state index contributed by atoms with van der Waals surface area (Å²) in [6.45, 7) is 3.35. The summed E-state index contributed by atoms with van der Waals surface area (Å²) in [7, 11) is 4.98. The number of hydrogen-bond acceptors (Lipinski definition) is 13. The smallest absolute Gasteiger partial charge is 0.328 e. The maximum atomic E-state index is 13.4. The van der Waals surface area contributed by atoms with Gasteiger partial charge in [-0.2, -0.15) is 0 Å². The molecule has 0 spiro atoms. The molecular formula is C44H52N8O9S. The van der Waals surface area contributed by atoms with Gasteiger partial charge in [-0.25, -0.2) is 9.78 Å². The van der Waals surface area contributed by atoms with Crippen molar-refractivity contribution < 1.29 is 38.3 Å². The predicted octanol–water partition coefficient (Wildman–Crippen LogP) is 3.98. The van der Waals surface area contributed by atoms with E-state index in [1.807, 2.05) is 42.1 Å². The SMILES string of the molecule is COC(=O)C(CCC(=O)NCCCCCCCCN(C)c1cccc2c1C(=O)N(C1CCC(=O)NC1=O)C2=O)NC(=O)c1ccc(N(C)Cc2ccc3nc(C)[nH]c(=O)c3c2)s1. The number of thiophene rings is 1. The molecule has 328 valence electrons. The lowest BCUT2D eigenvalue weighted by molar-refractivity contribution is -0.143. The summed E-state index contributed by atoms with van der Waals surface area (Å²) in [5.74, 6) is -2.90. The fraction of sp³-hybridized carbons (Fsp3) is 0.432. The normalized spacial score (nSPS) is 15.3. The lowest BCUT2D eigenvalue weighted by Crippen LogP contribution is -2.54. The number of methoxy groups -OCH3 is 1. The van der Waals surface area contributed by atoms with Crippen molar-refractivity contribution >= 4 is 74.3 Å². The first kappa shape index (κ1) is 45.1. The van der Waals surface area contributed by atoms with Crippen molar-refractivity contribution in [2.24, 2.45) is 0 Å². The molecule has 6 amide bonds. The lowest BCUT2D eigenvalue weighted by Gasteiger charge is -2.28. The van der Waals surface area contributed by atoms with Gasteiger partial charge in [0.15, 0.2) is 0 Å². The molecule has 17 nitrogen and oxygen atoms in total. The zero-order valence-electron chi connectivity index (χ0n) is 35.3. The summed E-state index contributed by atoms with van der Waals surface area (Å²) < 4.78 is 4.91. The van der Waals surface area contributed by atoms with Crippen molar-refractivity contribution in [1.82, 2.24) is 30.8 Å². The molecule has 1 saturated heterocycles. The van der Waals surface area contributed by atoms with Crippen LogP contribution in [0.1, 0.15) is 106 Å². The van der Waals surface area contributed by atoms with E-state index < -0.39 is 47.6 Å². The van der Waals surface area contributed by atoms with Crippen LogP contribution in [0.2, 0.25) is 0 Å². The van der Waals surface area contributed by atoms with Crippen LogP contribution in [0.15, 0.2) is 53.3 Å². The first-order valence-corrected chi connectivity index (χ1v) is 21.6. The Morgan fingerprint density at radius 2 is 1.71 bits per heavy atom. The second-order valence-electron chi connectivity index (χ2n) is 15.6. The van der Waals surface area contributed by atoms with E-state index in [9.17, 15) is 38.4 Å². The molecule has 4 heterocycles. The number of rotatable bonds is 20. The molecule has 2 aromatic carbocycles. The molecule has 2 aliphatic heterocycles. The third-order valence-corrected chi connectivity index (χ3v) is 12.2. The van der Waals surface area contributed by atoms with Crippen LogP contribution in [0.5, 0.6) is 0 Å². The first-order valence-electron chi connectivity index (χ1n) is 20.8. The molecule has 0 aliphatic carbocycles. The van der Waals surface area contributed by atoms with Crippen molar-refractivity contribution in [3.63, 3.8) is 0 Å². The summed E-state index contributed by atoms with van der Waals surface area (Å²) in [5, 5.41) is 9.14. The molecule has 0 bridgehead atoms. The highest BCUT2D eigenvalue weighted by molar-refractivity contribution is 7.18.